The highest BCUT2D eigenvalue weighted by Crippen LogP contribution is 2.28. The van der Waals surface area contributed by atoms with E-state index < -0.39 is 9.04 Å². The maximum atomic E-state index is 6.64. The summed E-state index contributed by atoms with van der Waals surface area (Å²) in [7, 11) is -1.21. The molecule has 1 radical (unpaired) electrons. The van der Waals surface area contributed by atoms with Crippen LogP contribution in [0.1, 0.15) is 45.4 Å². The van der Waals surface area contributed by atoms with Crippen LogP contribution >= 0.6 is 22.6 Å². The predicted octanol–water partition coefficient (Wildman–Crippen LogP) is 5.49. The summed E-state index contributed by atoms with van der Waals surface area (Å²) in [5.74, 6) is 0.788. The van der Waals surface area contributed by atoms with Gasteiger partial charge in [0.05, 0.1) is 0 Å². The molecule has 3 heteroatoms. The van der Waals surface area contributed by atoms with Crippen molar-refractivity contribution in [3.63, 3.8) is 0 Å². The molecule has 0 aliphatic heterocycles. The molecule has 1 saturated carbocycles. The zero-order valence-corrected chi connectivity index (χ0v) is 18.7. The summed E-state index contributed by atoms with van der Waals surface area (Å²) in [5.41, 5.74) is 0. The highest BCUT2D eigenvalue weighted by molar-refractivity contribution is 14.1. The highest BCUT2D eigenvalue weighted by Gasteiger charge is 2.22. The summed E-state index contributed by atoms with van der Waals surface area (Å²) in [6, 6.07) is 21.4. The van der Waals surface area contributed by atoms with Crippen molar-refractivity contribution in [1.29, 1.82) is 0 Å². The van der Waals surface area contributed by atoms with Gasteiger partial charge >= 0.3 is 0 Å². The van der Waals surface area contributed by atoms with Gasteiger partial charge in [0.1, 0.15) is 0 Å². The van der Waals surface area contributed by atoms with Gasteiger partial charge in [0.15, 0.2) is 0 Å². The van der Waals surface area contributed by atoms with Crippen molar-refractivity contribution in [2.75, 3.05) is 0 Å². The fourth-order valence-corrected chi connectivity index (χ4v) is 6.83. The van der Waals surface area contributed by atoms with Gasteiger partial charge in [0.25, 0.3) is 9.04 Å². The van der Waals surface area contributed by atoms with E-state index >= 15 is 0 Å². The maximum absolute atomic E-state index is 6.64. The van der Waals surface area contributed by atoms with Crippen molar-refractivity contribution in [3.8, 4) is 0 Å². The molecule has 137 valence electrons. The van der Waals surface area contributed by atoms with Gasteiger partial charge in [-0.15, -0.1) is 0 Å². The summed E-state index contributed by atoms with van der Waals surface area (Å²) in [6.45, 7) is 2.23. The van der Waals surface area contributed by atoms with Crippen LogP contribution in [0.2, 0.25) is 0 Å². The first-order valence-corrected chi connectivity index (χ1v) is 12.2. The van der Waals surface area contributed by atoms with E-state index in [-0.39, 0.29) is 6.10 Å². The van der Waals surface area contributed by atoms with Crippen LogP contribution in [0.15, 0.2) is 70.3 Å². The molecular weight excluding hydrogens is 447 g/mol. The molecule has 1 aliphatic carbocycles. The van der Waals surface area contributed by atoms with Crippen LogP contribution in [0.3, 0.4) is 0 Å². The van der Waals surface area contributed by atoms with Gasteiger partial charge in [-0.2, -0.15) is 0 Å². The smallest absolute Gasteiger partial charge is 0.283 e. The number of allylic oxidation sites excluding steroid dienone is 1. The Hall–Kier alpha value is -0.913. The molecule has 1 unspecified atom stereocenters. The SMILES string of the molecule is CC(C/C(I)=C\C1CCCCC1)O[Si](c1ccccc1)c1ccccc1. The quantitative estimate of drug-likeness (QED) is 0.380. The van der Waals surface area contributed by atoms with Gasteiger partial charge in [-0.05, 0) is 62.2 Å². The van der Waals surface area contributed by atoms with Crippen LogP contribution in [0.5, 0.6) is 0 Å². The topological polar surface area (TPSA) is 9.23 Å². The van der Waals surface area contributed by atoms with Crippen molar-refractivity contribution < 1.29 is 4.43 Å². The third kappa shape index (κ3) is 6.07. The van der Waals surface area contributed by atoms with Crippen LogP contribution in [0.4, 0.5) is 0 Å². The molecule has 3 rings (SSSR count). The Labute approximate surface area is 173 Å². The lowest BCUT2D eigenvalue weighted by atomic mass is 9.89. The van der Waals surface area contributed by atoms with Gasteiger partial charge in [0.2, 0.25) is 0 Å². The van der Waals surface area contributed by atoms with Gasteiger partial charge < -0.3 is 4.43 Å². The Morgan fingerprint density at radius 1 is 1.00 bits per heavy atom. The van der Waals surface area contributed by atoms with Crippen LogP contribution in [-0.4, -0.2) is 15.1 Å². The monoisotopic (exact) mass is 475 g/mol. The molecule has 1 atom stereocenters. The lowest BCUT2D eigenvalue weighted by Gasteiger charge is -2.23. The first-order chi connectivity index (χ1) is 12.7. The number of hydrogen-bond acceptors (Lipinski definition) is 1. The zero-order valence-electron chi connectivity index (χ0n) is 15.5. The predicted molar refractivity (Wildman–Crippen MR) is 122 cm³/mol. The maximum Gasteiger partial charge on any atom is 0.283 e. The summed E-state index contributed by atoms with van der Waals surface area (Å²) in [6.07, 6.45) is 10.7. The second-order valence-electron chi connectivity index (χ2n) is 7.21. The Bertz CT molecular complexity index is 640. The van der Waals surface area contributed by atoms with E-state index in [1.165, 1.54) is 46.1 Å². The Kier molecular flexibility index (Phi) is 7.96. The van der Waals surface area contributed by atoms with Gasteiger partial charge in [-0.3, -0.25) is 0 Å². The van der Waals surface area contributed by atoms with Crippen molar-refractivity contribution in [2.24, 2.45) is 5.92 Å². The third-order valence-electron chi connectivity index (χ3n) is 4.94. The summed E-state index contributed by atoms with van der Waals surface area (Å²) in [4.78, 5) is 0. The zero-order chi connectivity index (χ0) is 18.2. The summed E-state index contributed by atoms with van der Waals surface area (Å²) < 4.78 is 8.10. The van der Waals surface area contributed by atoms with Crippen LogP contribution in [0, 0.1) is 5.92 Å². The molecular formula is C23H28IOSi. The molecule has 1 nitrogen and oxygen atoms in total. The third-order valence-corrected chi connectivity index (χ3v) is 8.09. The van der Waals surface area contributed by atoms with Gasteiger partial charge in [-0.1, -0.05) is 86.0 Å². The molecule has 1 fully saturated rings. The van der Waals surface area contributed by atoms with E-state index in [1.54, 1.807) is 0 Å². The highest BCUT2D eigenvalue weighted by atomic mass is 127. The number of benzene rings is 2. The van der Waals surface area contributed by atoms with Crippen LogP contribution in [0.25, 0.3) is 0 Å². The fourth-order valence-electron chi connectivity index (χ4n) is 3.62. The lowest BCUT2D eigenvalue weighted by Crippen LogP contribution is -2.46. The molecule has 0 heterocycles. The second-order valence-corrected chi connectivity index (χ2v) is 10.6. The molecule has 0 bridgehead atoms. The van der Waals surface area contributed by atoms with Gasteiger partial charge in [0, 0.05) is 12.5 Å². The summed E-state index contributed by atoms with van der Waals surface area (Å²) in [5, 5.41) is 2.64. The van der Waals surface area contributed by atoms with Crippen molar-refractivity contribution in [3.05, 3.63) is 70.3 Å². The number of rotatable bonds is 7. The molecule has 0 saturated heterocycles. The molecule has 0 spiro atoms. The molecule has 2 aromatic rings. The van der Waals surface area contributed by atoms with E-state index in [0.29, 0.717) is 0 Å². The molecule has 0 aromatic heterocycles. The minimum Gasteiger partial charge on any atom is -0.404 e. The first-order valence-electron chi connectivity index (χ1n) is 9.73. The van der Waals surface area contributed by atoms with Crippen LogP contribution < -0.4 is 10.4 Å². The van der Waals surface area contributed by atoms with E-state index in [0.717, 1.165) is 12.3 Å². The molecule has 1 aliphatic rings. The molecule has 0 N–H and O–H groups in total. The van der Waals surface area contributed by atoms with Crippen molar-refractivity contribution in [2.45, 2.75) is 51.6 Å². The van der Waals surface area contributed by atoms with E-state index in [4.69, 9.17) is 4.43 Å². The Morgan fingerprint density at radius 3 is 2.08 bits per heavy atom. The minimum absolute atomic E-state index is 0.232. The average molecular weight is 475 g/mol. The van der Waals surface area contributed by atoms with E-state index in [9.17, 15) is 0 Å². The van der Waals surface area contributed by atoms with Crippen molar-refractivity contribution in [1.82, 2.24) is 0 Å². The largest absolute Gasteiger partial charge is 0.404 e. The molecule has 0 amide bonds. The Balaban J connectivity index is 1.67. The lowest BCUT2D eigenvalue weighted by molar-refractivity contribution is 0.234. The molecule has 2 aromatic carbocycles. The standard InChI is InChI=1S/C23H28IOSi/c1-19(17-21(24)18-20-11-5-2-6-12-20)25-26(22-13-7-3-8-14-22)23-15-9-4-10-16-23/h3-4,7-10,13-16,18-20H,2,5-6,11-12,17H2,1H3/b21-18+. The number of halogens is 1. The van der Waals surface area contributed by atoms with Crippen molar-refractivity contribution >= 4 is 42.0 Å². The normalized spacial score (nSPS) is 17.4. The number of hydrogen-bond donors (Lipinski definition) is 0. The average Bonchev–Trinajstić information content (AvgIpc) is 2.68. The first kappa shape index (κ1) is 19.8. The van der Waals surface area contributed by atoms with Crippen LogP contribution in [-0.2, 0) is 4.43 Å². The molecule has 26 heavy (non-hydrogen) atoms. The minimum atomic E-state index is -1.21. The van der Waals surface area contributed by atoms with E-state index in [2.05, 4.69) is 96.3 Å². The second kappa shape index (κ2) is 10.4. The fraction of sp³-hybridized carbons (Fsp3) is 0.391. The van der Waals surface area contributed by atoms with Gasteiger partial charge in [-0.25, -0.2) is 0 Å². The van der Waals surface area contributed by atoms with E-state index in [1.807, 2.05) is 0 Å². The Morgan fingerprint density at radius 2 is 1.54 bits per heavy atom. The summed E-state index contributed by atoms with van der Waals surface area (Å²) >= 11 is 2.53.